The summed E-state index contributed by atoms with van der Waals surface area (Å²) >= 11 is 0. The molecule has 0 aliphatic carbocycles. The molecule has 0 unspecified atom stereocenters. The molecule has 0 saturated carbocycles. The minimum absolute atomic E-state index is 0.0419. The smallest absolute Gasteiger partial charge is 0.221 e. The number of amides is 5. The molecule has 95 heavy (non-hydrogen) atoms. The second-order valence-electron chi connectivity index (χ2n) is 28.7. The van der Waals surface area contributed by atoms with Crippen LogP contribution in [0.25, 0.3) is 0 Å². The number of unbranched alkanes of at least 4 members (excludes halogenated alkanes) is 45. The summed E-state index contributed by atoms with van der Waals surface area (Å²) in [5.74, 6) is 0.291. The van der Waals surface area contributed by atoms with E-state index in [4.69, 9.17) is 0 Å². The van der Waals surface area contributed by atoms with Gasteiger partial charge < -0.3 is 41.7 Å². The molecule has 0 aliphatic heterocycles. The molecule has 562 valence electrons. The molecule has 0 fully saturated rings. The lowest BCUT2D eigenvalue weighted by atomic mass is 10.1. The zero-order chi connectivity index (χ0) is 69.1. The lowest BCUT2D eigenvalue weighted by Crippen LogP contribution is -2.44. The lowest BCUT2D eigenvalue weighted by molar-refractivity contribution is -0.122. The zero-order valence-electron chi connectivity index (χ0n) is 64.1. The second-order valence-corrected chi connectivity index (χ2v) is 28.7. The van der Waals surface area contributed by atoms with Crippen molar-refractivity contribution in [1.29, 1.82) is 0 Å². The van der Waals surface area contributed by atoms with Gasteiger partial charge in [-0.15, -0.1) is 0 Å². The Balaban J connectivity index is 6.04. The van der Waals surface area contributed by atoms with E-state index in [0.717, 1.165) is 64.3 Å². The van der Waals surface area contributed by atoms with Crippen molar-refractivity contribution in [1.82, 2.24) is 46.6 Å². The molecule has 0 rings (SSSR count). The van der Waals surface area contributed by atoms with Crippen LogP contribution in [-0.4, -0.2) is 149 Å². The van der Waals surface area contributed by atoms with Crippen molar-refractivity contribution in [3.05, 3.63) is 0 Å². The van der Waals surface area contributed by atoms with Crippen LogP contribution in [0.15, 0.2) is 0 Å². The van der Waals surface area contributed by atoms with E-state index in [2.05, 4.69) is 81.2 Å². The number of hydrogen-bond donors (Lipinski definition) is 6. The average molecular weight is 1340 g/mol. The summed E-state index contributed by atoms with van der Waals surface area (Å²) in [4.78, 5) is 73.9. The highest BCUT2D eigenvalue weighted by molar-refractivity contribution is 5.77. The van der Waals surface area contributed by atoms with Crippen molar-refractivity contribution in [3.63, 3.8) is 0 Å². The largest absolute Gasteiger partial charge is 0.356 e. The van der Waals surface area contributed by atoms with Crippen molar-refractivity contribution in [2.75, 3.05) is 105 Å². The van der Waals surface area contributed by atoms with Gasteiger partial charge in [0.1, 0.15) is 0 Å². The average Bonchev–Trinajstić information content (AvgIpc) is 3.43. The van der Waals surface area contributed by atoms with Gasteiger partial charge in [0.05, 0.1) is 0 Å². The fourth-order valence-electron chi connectivity index (χ4n) is 12.8. The Bertz CT molecular complexity index is 1600. The van der Waals surface area contributed by atoms with Gasteiger partial charge in [-0.05, 0) is 38.6 Å². The molecule has 0 spiro atoms. The van der Waals surface area contributed by atoms with E-state index in [1.165, 1.54) is 263 Å². The van der Waals surface area contributed by atoms with Crippen molar-refractivity contribution in [2.45, 2.75) is 388 Å². The maximum atomic E-state index is 13.5. The first-order valence-electron chi connectivity index (χ1n) is 41.9. The SMILES string of the molecule is CCCCCCCCCCCCNCCC(=O)NCCN(CCC(=O)NCCCCCCCCCCCC)CCN(CCC(=O)NCCCCCCCCCCCC)CCN(CCC(=O)NCCCCCCCCCCCC)CCC(=O)NCCCCCCCCCCCC. The van der Waals surface area contributed by atoms with Crippen LogP contribution in [0.2, 0.25) is 0 Å². The molecule has 0 heterocycles. The van der Waals surface area contributed by atoms with Crippen LogP contribution in [0, 0.1) is 0 Å². The number of nitrogens with one attached hydrogen (secondary N) is 6. The molecule has 0 radical (unpaired) electrons. The minimum atomic E-state index is 0.0419. The summed E-state index contributed by atoms with van der Waals surface area (Å²) in [7, 11) is 0. The highest BCUT2D eigenvalue weighted by Gasteiger charge is 2.18. The standard InChI is InChI=1S/C81H163N9O5/c1-6-11-16-21-26-31-36-41-46-51-61-82-66-56-77(91)87-67-72-89(70-59-80(94)85-64-54-49-44-39-34-29-24-19-14-9-4)74-76-90(71-60-81(95)86-65-55-50-45-40-35-30-25-20-15-10-5)75-73-88(68-57-78(92)83-62-52-47-42-37-32-27-22-17-12-7-2)69-58-79(93)84-63-53-48-43-38-33-28-23-18-13-8-3/h82H,6-76H2,1-5H3,(H,83,92)(H,84,93)(H,85,94)(H,86,95)(H,87,91). The van der Waals surface area contributed by atoms with Crippen LogP contribution in [0.1, 0.15) is 388 Å². The first kappa shape index (κ1) is 92.2. The van der Waals surface area contributed by atoms with E-state index in [9.17, 15) is 24.0 Å². The topological polar surface area (TPSA) is 167 Å². The third-order valence-corrected chi connectivity index (χ3v) is 19.5. The molecule has 14 heteroatoms. The monoisotopic (exact) mass is 1340 g/mol. The molecule has 0 aliphatic rings. The van der Waals surface area contributed by atoms with Gasteiger partial charge in [0.15, 0.2) is 0 Å². The van der Waals surface area contributed by atoms with Gasteiger partial charge >= 0.3 is 0 Å². The predicted molar refractivity (Wildman–Crippen MR) is 410 cm³/mol. The van der Waals surface area contributed by atoms with Gasteiger partial charge in [0.2, 0.25) is 29.5 Å². The van der Waals surface area contributed by atoms with Gasteiger partial charge in [0.25, 0.3) is 0 Å². The number of hydrogen-bond acceptors (Lipinski definition) is 9. The van der Waals surface area contributed by atoms with Gasteiger partial charge in [-0.1, -0.05) is 324 Å². The predicted octanol–water partition coefficient (Wildman–Crippen LogP) is 18.6. The van der Waals surface area contributed by atoms with Gasteiger partial charge in [0, 0.05) is 130 Å². The Morgan fingerprint density at radius 1 is 0.179 bits per heavy atom. The first-order chi connectivity index (χ1) is 46.7. The van der Waals surface area contributed by atoms with Crippen molar-refractivity contribution in [2.24, 2.45) is 0 Å². The van der Waals surface area contributed by atoms with Crippen LogP contribution < -0.4 is 31.9 Å². The first-order valence-corrected chi connectivity index (χ1v) is 41.9. The Labute approximate surface area is 589 Å². The van der Waals surface area contributed by atoms with Gasteiger partial charge in [-0.25, -0.2) is 0 Å². The summed E-state index contributed by atoms with van der Waals surface area (Å²) in [6.45, 7) is 21.8. The molecular formula is C81H163N9O5. The molecule has 0 aromatic rings. The van der Waals surface area contributed by atoms with E-state index in [1.54, 1.807) is 0 Å². The molecule has 0 bridgehead atoms. The van der Waals surface area contributed by atoms with Crippen molar-refractivity contribution < 1.29 is 24.0 Å². The Morgan fingerprint density at radius 2 is 0.358 bits per heavy atom. The third kappa shape index (κ3) is 72.3. The molecular weight excluding hydrogens is 1180 g/mol. The maximum Gasteiger partial charge on any atom is 0.221 e. The Hall–Kier alpha value is -2.81. The number of rotatable bonds is 79. The summed E-state index contributed by atoms with van der Waals surface area (Å²) in [6.07, 6.45) is 65.4. The van der Waals surface area contributed by atoms with Gasteiger partial charge in [-0.3, -0.25) is 28.9 Å². The van der Waals surface area contributed by atoms with E-state index in [0.29, 0.717) is 130 Å². The highest BCUT2D eigenvalue weighted by atomic mass is 16.2. The molecule has 0 saturated heterocycles. The summed E-state index contributed by atoms with van der Waals surface area (Å²) in [5.41, 5.74) is 0. The van der Waals surface area contributed by atoms with E-state index in [1.807, 2.05) is 0 Å². The zero-order valence-corrected chi connectivity index (χ0v) is 64.1. The van der Waals surface area contributed by atoms with E-state index >= 15 is 0 Å². The molecule has 0 aromatic heterocycles. The van der Waals surface area contributed by atoms with Crippen molar-refractivity contribution in [3.8, 4) is 0 Å². The molecule has 0 atom stereocenters. The minimum Gasteiger partial charge on any atom is -0.356 e. The normalized spacial score (nSPS) is 11.6. The maximum absolute atomic E-state index is 13.5. The summed E-state index contributed by atoms with van der Waals surface area (Å²) < 4.78 is 0. The van der Waals surface area contributed by atoms with Gasteiger partial charge in [-0.2, -0.15) is 0 Å². The quantitative estimate of drug-likeness (QED) is 0.0325. The number of carbonyl (C=O) groups is 5. The highest BCUT2D eigenvalue weighted by Crippen LogP contribution is 2.15. The number of carbonyl (C=O) groups excluding carboxylic acids is 5. The summed E-state index contributed by atoms with van der Waals surface area (Å²) in [5, 5.41) is 19.5. The molecule has 6 N–H and O–H groups in total. The Kier molecular flexibility index (Phi) is 74.7. The van der Waals surface area contributed by atoms with Crippen LogP contribution in [0.3, 0.4) is 0 Å². The van der Waals surface area contributed by atoms with Crippen LogP contribution in [-0.2, 0) is 24.0 Å². The molecule has 14 nitrogen and oxygen atoms in total. The molecule has 0 aromatic carbocycles. The fraction of sp³-hybridized carbons (Fsp3) is 0.938. The van der Waals surface area contributed by atoms with E-state index < -0.39 is 0 Å². The number of nitrogens with zero attached hydrogens (tertiary/aromatic N) is 3. The van der Waals surface area contributed by atoms with E-state index in [-0.39, 0.29) is 29.5 Å². The van der Waals surface area contributed by atoms with Crippen LogP contribution >= 0.6 is 0 Å². The van der Waals surface area contributed by atoms with Crippen LogP contribution in [0.5, 0.6) is 0 Å². The van der Waals surface area contributed by atoms with Crippen molar-refractivity contribution >= 4 is 29.5 Å². The lowest BCUT2D eigenvalue weighted by Gasteiger charge is -2.30. The fourth-order valence-corrected chi connectivity index (χ4v) is 12.8. The molecule has 5 amide bonds. The van der Waals surface area contributed by atoms with Crippen LogP contribution in [0.4, 0.5) is 0 Å². The second kappa shape index (κ2) is 76.9. The summed E-state index contributed by atoms with van der Waals surface area (Å²) in [6, 6.07) is 0. The third-order valence-electron chi connectivity index (χ3n) is 19.5. The Morgan fingerprint density at radius 3 is 0.600 bits per heavy atom.